The molecule has 2 N–H and O–H groups in total. The van der Waals surface area contributed by atoms with E-state index in [0.29, 0.717) is 17.8 Å². The number of ether oxygens (including phenoxy) is 1. The third kappa shape index (κ3) is 4.02. The average molecular weight is 251 g/mol. The van der Waals surface area contributed by atoms with Gasteiger partial charge in [0.15, 0.2) is 0 Å². The van der Waals surface area contributed by atoms with Crippen LogP contribution < -0.4 is 5.73 Å². The number of rotatable bonds is 4. The minimum absolute atomic E-state index is 0.194. The van der Waals surface area contributed by atoms with Crippen LogP contribution in [0.4, 0.5) is 0 Å². The topological polar surface area (TPSA) is 69.4 Å². The first-order valence-corrected chi connectivity index (χ1v) is 6.01. The zero-order valence-corrected chi connectivity index (χ0v) is 10.3. The summed E-state index contributed by atoms with van der Waals surface area (Å²) in [6.07, 6.45) is 0.610. The molecule has 1 aromatic rings. The zero-order chi connectivity index (χ0) is 12.7. The van der Waals surface area contributed by atoms with Gasteiger partial charge in [0, 0.05) is 13.0 Å². The van der Waals surface area contributed by atoms with E-state index in [0.717, 1.165) is 4.88 Å². The fraction of sp³-hybridized carbons (Fsp3) is 0.333. The summed E-state index contributed by atoms with van der Waals surface area (Å²) in [5.41, 5.74) is 5.30. The van der Waals surface area contributed by atoms with Gasteiger partial charge >= 0.3 is 5.97 Å². The summed E-state index contributed by atoms with van der Waals surface area (Å²) in [5, 5.41) is 0. The average Bonchev–Trinajstić information content (AvgIpc) is 2.77. The largest absolute Gasteiger partial charge is 0.460 e. The summed E-state index contributed by atoms with van der Waals surface area (Å²) < 4.78 is 4.63. The number of hydrogen-bond donors (Lipinski definition) is 1. The Balaban J connectivity index is 2.72. The van der Waals surface area contributed by atoms with E-state index in [1.807, 2.05) is 0 Å². The van der Waals surface area contributed by atoms with Gasteiger partial charge in [-0.1, -0.05) is 11.8 Å². The maximum Gasteiger partial charge on any atom is 0.380 e. The van der Waals surface area contributed by atoms with Gasteiger partial charge in [0.05, 0.1) is 16.4 Å². The predicted octanol–water partition coefficient (Wildman–Crippen LogP) is 1.19. The third-order valence-electron chi connectivity index (χ3n) is 1.77. The molecule has 0 aromatic carbocycles. The summed E-state index contributed by atoms with van der Waals surface area (Å²) in [4.78, 5) is 23.8. The Morgan fingerprint density at radius 2 is 2.24 bits per heavy atom. The van der Waals surface area contributed by atoms with E-state index in [1.54, 1.807) is 19.1 Å². The van der Waals surface area contributed by atoms with Gasteiger partial charge in [0.25, 0.3) is 5.78 Å². The Bertz CT molecular complexity index is 468. The molecule has 0 unspecified atom stereocenters. The molecule has 0 aliphatic rings. The number of hydrogen-bond acceptors (Lipinski definition) is 5. The molecule has 0 amide bonds. The third-order valence-corrected chi connectivity index (χ3v) is 2.77. The van der Waals surface area contributed by atoms with Crippen LogP contribution in [0.3, 0.4) is 0 Å². The van der Waals surface area contributed by atoms with Crippen molar-refractivity contribution in [2.45, 2.75) is 13.3 Å². The number of esters is 1. The first-order valence-electron chi connectivity index (χ1n) is 5.19. The smallest absolute Gasteiger partial charge is 0.380 e. The lowest BCUT2D eigenvalue weighted by Crippen LogP contribution is -2.16. The van der Waals surface area contributed by atoms with Crippen LogP contribution in [0.1, 0.15) is 27.9 Å². The predicted molar refractivity (Wildman–Crippen MR) is 65.8 cm³/mol. The molecule has 4 nitrogen and oxygen atoms in total. The summed E-state index contributed by atoms with van der Waals surface area (Å²) in [6.45, 7) is 2.36. The SMILES string of the molecule is CCOC(=O)C(=O)c1ccc(C#CCCN)s1. The molecule has 0 spiro atoms. The fourth-order valence-electron chi connectivity index (χ4n) is 1.05. The summed E-state index contributed by atoms with van der Waals surface area (Å²) in [5.74, 6) is 4.30. The Morgan fingerprint density at radius 3 is 2.88 bits per heavy atom. The van der Waals surface area contributed by atoms with E-state index < -0.39 is 11.8 Å². The van der Waals surface area contributed by atoms with E-state index in [1.165, 1.54) is 11.3 Å². The van der Waals surface area contributed by atoms with Crippen molar-refractivity contribution >= 4 is 23.1 Å². The number of Topliss-reactive ketones (excluding diaryl/α,β-unsaturated/α-hetero) is 1. The van der Waals surface area contributed by atoms with Gasteiger partial charge in [-0.3, -0.25) is 4.79 Å². The maximum absolute atomic E-state index is 11.5. The Labute approximate surface area is 104 Å². The highest BCUT2D eigenvalue weighted by atomic mass is 32.1. The molecular weight excluding hydrogens is 238 g/mol. The second-order valence-electron chi connectivity index (χ2n) is 3.05. The number of ketones is 1. The second-order valence-corrected chi connectivity index (χ2v) is 4.14. The van der Waals surface area contributed by atoms with Gasteiger partial charge < -0.3 is 10.5 Å². The Kier molecular flexibility index (Phi) is 5.40. The Morgan fingerprint density at radius 1 is 1.47 bits per heavy atom. The van der Waals surface area contributed by atoms with Gasteiger partial charge in [-0.05, 0) is 19.1 Å². The van der Waals surface area contributed by atoms with E-state index >= 15 is 0 Å². The standard InChI is InChI=1S/C12H13NO3S/c1-2-16-12(15)11(14)10-7-6-9(17-10)5-3-4-8-13/h6-7H,2,4,8,13H2,1H3. The molecule has 17 heavy (non-hydrogen) atoms. The van der Waals surface area contributed by atoms with Crippen molar-refractivity contribution in [1.82, 2.24) is 0 Å². The van der Waals surface area contributed by atoms with Gasteiger partial charge in [0.2, 0.25) is 0 Å². The molecular formula is C12H13NO3S. The van der Waals surface area contributed by atoms with E-state index in [2.05, 4.69) is 16.6 Å². The molecule has 0 saturated heterocycles. The molecule has 0 bridgehead atoms. The fourth-order valence-corrected chi connectivity index (χ4v) is 1.85. The molecule has 5 heteroatoms. The molecule has 0 atom stereocenters. The lowest BCUT2D eigenvalue weighted by atomic mass is 10.3. The number of carbonyl (C=O) groups excluding carboxylic acids is 2. The summed E-state index contributed by atoms with van der Waals surface area (Å²) in [6, 6.07) is 3.29. The van der Waals surface area contributed by atoms with E-state index in [9.17, 15) is 9.59 Å². The van der Waals surface area contributed by atoms with Crippen molar-refractivity contribution in [3.8, 4) is 11.8 Å². The summed E-state index contributed by atoms with van der Waals surface area (Å²) in [7, 11) is 0. The van der Waals surface area contributed by atoms with Crippen LogP contribution in [0.2, 0.25) is 0 Å². The van der Waals surface area contributed by atoms with Crippen LogP contribution in [0.25, 0.3) is 0 Å². The summed E-state index contributed by atoms with van der Waals surface area (Å²) >= 11 is 1.18. The van der Waals surface area contributed by atoms with Crippen LogP contribution in [0.15, 0.2) is 12.1 Å². The normalized spacial score (nSPS) is 9.29. The molecule has 0 saturated carbocycles. The van der Waals surface area contributed by atoms with Crippen LogP contribution in [-0.4, -0.2) is 24.9 Å². The van der Waals surface area contributed by atoms with Gasteiger partial charge in [-0.15, -0.1) is 11.3 Å². The van der Waals surface area contributed by atoms with E-state index in [4.69, 9.17) is 5.73 Å². The van der Waals surface area contributed by atoms with Crippen molar-refractivity contribution in [2.24, 2.45) is 5.73 Å². The maximum atomic E-state index is 11.5. The molecule has 0 aliphatic heterocycles. The van der Waals surface area contributed by atoms with Crippen LogP contribution in [-0.2, 0) is 9.53 Å². The minimum Gasteiger partial charge on any atom is -0.460 e. The van der Waals surface area contributed by atoms with Gasteiger partial charge in [-0.25, -0.2) is 4.79 Å². The van der Waals surface area contributed by atoms with Crippen molar-refractivity contribution < 1.29 is 14.3 Å². The first-order chi connectivity index (χ1) is 8.19. The van der Waals surface area contributed by atoms with Gasteiger partial charge in [-0.2, -0.15) is 0 Å². The quantitative estimate of drug-likeness (QED) is 0.378. The van der Waals surface area contributed by atoms with Crippen LogP contribution in [0, 0.1) is 11.8 Å². The number of nitrogens with two attached hydrogens (primary N) is 1. The van der Waals surface area contributed by atoms with Crippen LogP contribution >= 0.6 is 11.3 Å². The lowest BCUT2D eigenvalue weighted by molar-refractivity contribution is -0.137. The first kappa shape index (κ1) is 13.4. The van der Waals surface area contributed by atoms with E-state index in [-0.39, 0.29) is 6.61 Å². The molecule has 0 fully saturated rings. The van der Waals surface area contributed by atoms with Crippen molar-refractivity contribution in [1.29, 1.82) is 0 Å². The molecule has 1 aromatic heterocycles. The second kappa shape index (κ2) is 6.84. The minimum atomic E-state index is -0.823. The molecule has 1 rings (SSSR count). The highest BCUT2D eigenvalue weighted by Crippen LogP contribution is 2.16. The van der Waals surface area contributed by atoms with Crippen molar-refractivity contribution in [3.63, 3.8) is 0 Å². The number of thiophene rings is 1. The molecule has 1 heterocycles. The van der Waals surface area contributed by atoms with Gasteiger partial charge in [0.1, 0.15) is 0 Å². The molecule has 90 valence electrons. The highest BCUT2D eigenvalue weighted by molar-refractivity contribution is 7.15. The monoisotopic (exact) mass is 251 g/mol. The number of carbonyl (C=O) groups is 2. The van der Waals surface area contributed by atoms with Crippen molar-refractivity contribution in [3.05, 3.63) is 21.9 Å². The molecule has 0 aliphatic carbocycles. The Hall–Kier alpha value is -1.64. The van der Waals surface area contributed by atoms with Crippen molar-refractivity contribution in [2.75, 3.05) is 13.2 Å². The highest BCUT2D eigenvalue weighted by Gasteiger charge is 2.18. The zero-order valence-electron chi connectivity index (χ0n) is 9.49. The lowest BCUT2D eigenvalue weighted by Gasteiger charge is -1.97. The van der Waals surface area contributed by atoms with Crippen LogP contribution in [0.5, 0.6) is 0 Å². The molecule has 0 radical (unpaired) electrons.